The van der Waals surface area contributed by atoms with E-state index < -0.39 is 0 Å². The number of nitrogens with zero attached hydrogens (tertiary/aromatic N) is 2. The molecule has 1 aliphatic heterocycles. The molecule has 0 fully saturated rings. The fourth-order valence-corrected chi connectivity index (χ4v) is 3.52. The number of oxime groups is 1. The highest BCUT2D eigenvalue weighted by Crippen LogP contribution is 2.20. The van der Waals surface area contributed by atoms with E-state index >= 15 is 0 Å². The second kappa shape index (κ2) is 9.88. The van der Waals surface area contributed by atoms with Crippen molar-refractivity contribution in [3.8, 4) is 0 Å². The second-order valence-electron chi connectivity index (χ2n) is 7.10. The molecule has 5 heteroatoms. The van der Waals surface area contributed by atoms with Crippen molar-refractivity contribution < 1.29 is 9.94 Å². The van der Waals surface area contributed by atoms with Gasteiger partial charge in [0, 0.05) is 31.1 Å². The lowest BCUT2D eigenvalue weighted by Gasteiger charge is -2.27. The summed E-state index contributed by atoms with van der Waals surface area (Å²) >= 11 is 5.97. The van der Waals surface area contributed by atoms with E-state index in [1.54, 1.807) is 0 Å². The normalized spacial score (nSPS) is 17.6. The molecule has 4 nitrogen and oxygen atoms in total. The Kier molecular flexibility index (Phi) is 7.27. The van der Waals surface area contributed by atoms with E-state index in [4.69, 9.17) is 16.4 Å². The Balaban J connectivity index is 1.61. The van der Waals surface area contributed by atoms with Gasteiger partial charge in [-0.1, -0.05) is 72.6 Å². The van der Waals surface area contributed by atoms with Crippen LogP contribution in [0.4, 0.5) is 0 Å². The topological polar surface area (TPSA) is 45.1 Å². The fraction of sp³-hybridized carbons (Fsp3) is 0.409. The van der Waals surface area contributed by atoms with E-state index in [1.165, 1.54) is 5.56 Å². The van der Waals surface area contributed by atoms with Gasteiger partial charge in [-0.3, -0.25) is 4.90 Å². The third-order valence-corrected chi connectivity index (χ3v) is 4.96. The van der Waals surface area contributed by atoms with Gasteiger partial charge in [-0.2, -0.15) is 0 Å². The lowest BCUT2D eigenvalue weighted by atomic mass is 10.0. The van der Waals surface area contributed by atoms with Crippen LogP contribution in [-0.2, 0) is 11.4 Å². The fourth-order valence-electron chi connectivity index (χ4n) is 3.39. The van der Waals surface area contributed by atoms with E-state index in [2.05, 4.69) is 29.1 Å². The Morgan fingerprint density at radius 2 is 1.93 bits per heavy atom. The Morgan fingerprint density at radius 1 is 1.19 bits per heavy atom. The van der Waals surface area contributed by atoms with Gasteiger partial charge in [0.25, 0.3) is 0 Å². The van der Waals surface area contributed by atoms with Crippen LogP contribution in [0.25, 0.3) is 0 Å². The van der Waals surface area contributed by atoms with Crippen molar-refractivity contribution in [1.82, 2.24) is 4.90 Å². The average Bonchev–Trinajstić information content (AvgIpc) is 3.11. The molecule has 0 bridgehead atoms. The molecule has 2 atom stereocenters. The minimum Gasteiger partial charge on any atom is -0.392 e. The third kappa shape index (κ3) is 6.06. The van der Waals surface area contributed by atoms with Crippen molar-refractivity contribution >= 4 is 17.3 Å². The summed E-state index contributed by atoms with van der Waals surface area (Å²) in [6, 6.07) is 18.0. The van der Waals surface area contributed by atoms with Crippen molar-refractivity contribution in [3.63, 3.8) is 0 Å². The predicted octanol–water partition coefficient (Wildman–Crippen LogP) is 4.50. The number of rotatable bonds is 9. The van der Waals surface area contributed by atoms with Crippen molar-refractivity contribution in [2.24, 2.45) is 5.16 Å². The molecule has 0 saturated carbocycles. The largest absolute Gasteiger partial charge is 0.392 e. The summed E-state index contributed by atoms with van der Waals surface area (Å²) in [5, 5.41) is 15.3. The first-order valence-corrected chi connectivity index (χ1v) is 9.94. The summed E-state index contributed by atoms with van der Waals surface area (Å²) < 4.78 is 0. The number of hydrogen-bond acceptors (Lipinski definition) is 4. The third-order valence-electron chi connectivity index (χ3n) is 4.71. The lowest BCUT2D eigenvalue weighted by Crippen LogP contribution is -2.37. The van der Waals surface area contributed by atoms with Gasteiger partial charge in [-0.05, 0) is 29.7 Å². The van der Waals surface area contributed by atoms with Crippen molar-refractivity contribution in [3.05, 3.63) is 70.7 Å². The molecule has 0 amide bonds. The Labute approximate surface area is 166 Å². The van der Waals surface area contributed by atoms with Crippen LogP contribution in [0.5, 0.6) is 0 Å². The number of halogens is 1. The van der Waals surface area contributed by atoms with Crippen molar-refractivity contribution in [2.75, 3.05) is 13.1 Å². The highest BCUT2D eigenvalue weighted by Gasteiger charge is 2.25. The van der Waals surface area contributed by atoms with Gasteiger partial charge in [-0.15, -0.1) is 0 Å². The molecular formula is C22H27ClN2O2. The first-order valence-electron chi connectivity index (χ1n) is 9.57. The van der Waals surface area contributed by atoms with Crippen LogP contribution in [0.15, 0.2) is 59.8 Å². The van der Waals surface area contributed by atoms with Gasteiger partial charge in [0.1, 0.15) is 6.10 Å². The van der Waals surface area contributed by atoms with Crippen molar-refractivity contribution in [1.29, 1.82) is 0 Å². The molecule has 3 rings (SSSR count). The van der Waals surface area contributed by atoms with E-state index in [1.807, 2.05) is 42.5 Å². The zero-order valence-electron chi connectivity index (χ0n) is 15.7. The monoisotopic (exact) mass is 386 g/mol. The maximum absolute atomic E-state index is 10.3. The molecule has 2 aromatic rings. The van der Waals surface area contributed by atoms with E-state index in [0.29, 0.717) is 11.6 Å². The lowest BCUT2D eigenvalue weighted by molar-refractivity contribution is 0.0305. The van der Waals surface area contributed by atoms with Crippen LogP contribution in [-0.4, -0.2) is 41.0 Å². The minimum absolute atomic E-state index is 0.00628. The molecule has 0 saturated heterocycles. The highest BCUT2D eigenvalue weighted by atomic mass is 35.5. The standard InChI is InChI=1S/C22H27ClN2O2/c1-2-6-20(26)15-25(14-17-7-4-3-5-8-17)16-21-13-22(24-27-21)18-9-11-19(23)12-10-18/h3-5,7-12,20-21,26H,2,6,13-16H2,1H3/t20-,21-/m1/s1. The Hall–Kier alpha value is -1.88. The summed E-state index contributed by atoms with van der Waals surface area (Å²) in [4.78, 5) is 7.96. The van der Waals surface area contributed by atoms with Crippen LogP contribution in [0, 0.1) is 0 Å². The molecule has 0 aliphatic carbocycles. The smallest absolute Gasteiger partial charge is 0.145 e. The van der Waals surface area contributed by atoms with Gasteiger partial charge in [0.15, 0.2) is 0 Å². The molecule has 2 aromatic carbocycles. The predicted molar refractivity (Wildman–Crippen MR) is 110 cm³/mol. The number of hydrogen-bond donors (Lipinski definition) is 1. The van der Waals surface area contributed by atoms with Gasteiger partial charge in [-0.25, -0.2) is 0 Å². The summed E-state index contributed by atoms with van der Waals surface area (Å²) in [6.45, 7) is 4.25. The SMILES string of the molecule is CCC[C@@H](O)CN(Cc1ccccc1)C[C@H]1CC(c2ccc(Cl)cc2)=NO1. The summed E-state index contributed by atoms with van der Waals surface area (Å²) in [5.74, 6) is 0. The maximum atomic E-state index is 10.3. The quantitative estimate of drug-likeness (QED) is 0.690. The summed E-state index contributed by atoms with van der Waals surface area (Å²) in [6.07, 6.45) is 2.22. The van der Waals surface area contributed by atoms with Gasteiger partial charge >= 0.3 is 0 Å². The molecule has 0 radical (unpaired) electrons. The van der Waals surface area contributed by atoms with E-state index in [9.17, 15) is 5.11 Å². The summed E-state index contributed by atoms with van der Waals surface area (Å²) in [7, 11) is 0. The average molecular weight is 387 g/mol. The van der Waals surface area contributed by atoms with E-state index in [0.717, 1.165) is 43.6 Å². The number of benzene rings is 2. The Morgan fingerprint density at radius 3 is 2.63 bits per heavy atom. The first-order chi connectivity index (χ1) is 13.1. The van der Waals surface area contributed by atoms with Crippen LogP contribution in [0.1, 0.15) is 37.3 Å². The second-order valence-corrected chi connectivity index (χ2v) is 7.54. The zero-order valence-corrected chi connectivity index (χ0v) is 16.5. The minimum atomic E-state index is -0.322. The summed E-state index contributed by atoms with van der Waals surface area (Å²) in [5.41, 5.74) is 3.23. The molecule has 1 aliphatic rings. The molecule has 0 unspecified atom stereocenters. The molecule has 27 heavy (non-hydrogen) atoms. The molecule has 1 heterocycles. The number of aliphatic hydroxyl groups excluding tert-OH is 1. The van der Waals surface area contributed by atoms with Gasteiger partial charge in [0.2, 0.25) is 0 Å². The Bertz CT molecular complexity index is 734. The van der Waals surface area contributed by atoms with Crippen LogP contribution >= 0.6 is 11.6 Å². The maximum Gasteiger partial charge on any atom is 0.145 e. The first kappa shape index (κ1) is 19.9. The molecular weight excluding hydrogens is 360 g/mol. The van der Waals surface area contributed by atoms with Gasteiger partial charge < -0.3 is 9.94 Å². The highest BCUT2D eigenvalue weighted by molar-refractivity contribution is 6.30. The van der Waals surface area contributed by atoms with Crippen LogP contribution in [0.2, 0.25) is 5.02 Å². The molecule has 144 valence electrons. The zero-order chi connectivity index (χ0) is 19.1. The number of aliphatic hydroxyl groups is 1. The van der Waals surface area contributed by atoms with Crippen LogP contribution < -0.4 is 0 Å². The van der Waals surface area contributed by atoms with E-state index in [-0.39, 0.29) is 12.2 Å². The van der Waals surface area contributed by atoms with Crippen LogP contribution in [0.3, 0.4) is 0 Å². The van der Waals surface area contributed by atoms with Gasteiger partial charge in [0.05, 0.1) is 11.8 Å². The molecule has 0 spiro atoms. The molecule has 0 aromatic heterocycles. The molecule has 1 N–H and O–H groups in total. The van der Waals surface area contributed by atoms with Crippen molar-refractivity contribution in [2.45, 2.75) is 44.9 Å².